The highest BCUT2D eigenvalue weighted by Crippen LogP contribution is 2.34. The van der Waals surface area contributed by atoms with E-state index < -0.39 is 15.1 Å². The number of nitrogens with zero attached hydrogens (tertiary/aromatic N) is 2. The lowest BCUT2D eigenvalue weighted by atomic mass is 10.0. The van der Waals surface area contributed by atoms with Gasteiger partial charge in [0.15, 0.2) is 9.84 Å². The van der Waals surface area contributed by atoms with Crippen molar-refractivity contribution < 1.29 is 8.42 Å². The normalized spacial score (nSPS) is 16.6. The van der Waals surface area contributed by atoms with E-state index in [1.807, 2.05) is 30.3 Å². The van der Waals surface area contributed by atoms with Gasteiger partial charge in [-0.15, -0.1) is 6.58 Å². The van der Waals surface area contributed by atoms with Crippen LogP contribution in [0.1, 0.15) is 29.2 Å². The van der Waals surface area contributed by atoms with Gasteiger partial charge in [0, 0.05) is 23.7 Å². The number of hydrogen-bond acceptors (Lipinski definition) is 4. The molecule has 5 rings (SSSR count). The van der Waals surface area contributed by atoms with Crippen molar-refractivity contribution in [3.8, 4) is 0 Å². The number of sulfone groups is 1. The Morgan fingerprint density at radius 3 is 2.47 bits per heavy atom. The molecule has 1 aliphatic heterocycles. The third-order valence-electron chi connectivity index (χ3n) is 7.07. The minimum Gasteiger partial charge on any atom is -0.303 e. The largest absolute Gasteiger partial charge is 0.303 e. The summed E-state index contributed by atoms with van der Waals surface area (Å²) in [6, 6.07) is 24.6. The first-order valence-electron chi connectivity index (χ1n) is 12.0. The van der Waals surface area contributed by atoms with Crippen molar-refractivity contribution in [1.82, 2.24) is 9.88 Å². The van der Waals surface area contributed by atoms with Gasteiger partial charge in [-0.05, 0) is 54.8 Å². The minimum absolute atomic E-state index is 0.355. The van der Waals surface area contributed by atoms with E-state index in [1.165, 1.54) is 16.3 Å². The van der Waals surface area contributed by atoms with Gasteiger partial charge in [-0.1, -0.05) is 72.8 Å². The maximum Gasteiger partial charge on any atom is 0.163 e. The predicted molar refractivity (Wildman–Crippen MR) is 141 cm³/mol. The van der Waals surface area contributed by atoms with E-state index in [-0.39, 0.29) is 5.25 Å². The maximum atomic E-state index is 13.7. The molecule has 4 aromatic rings. The molecule has 1 fully saturated rings. The summed E-state index contributed by atoms with van der Waals surface area (Å²) in [6.07, 6.45) is 5.57. The average Bonchev–Trinajstić information content (AvgIpc) is 2.88. The second-order valence-corrected chi connectivity index (χ2v) is 11.5. The molecule has 3 aromatic carbocycles. The molecule has 4 nitrogen and oxygen atoms in total. The number of para-hydroxylation sites is 1. The molecular weight excluding hydrogens is 440 g/mol. The topological polar surface area (TPSA) is 50.3 Å². The fraction of sp³-hybridized carbons (Fsp3) is 0.276. The fourth-order valence-corrected chi connectivity index (χ4v) is 7.24. The van der Waals surface area contributed by atoms with Crippen LogP contribution in [0, 0.1) is 0 Å². The molecule has 1 unspecified atom stereocenters. The lowest BCUT2D eigenvalue weighted by Gasteiger charge is -2.33. The third kappa shape index (κ3) is 4.50. The number of pyridine rings is 1. The summed E-state index contributed by atoms with van der Waals surface area (Å²) in [5, 5.41) is 2.39. The van der Waals surface area contributed by atoms with Crippen molar-refractivity contribution in [2.45, 2.75) is 29.8 Å². The minimum atomic E-state index is -3.42. The molecule has 5 heteroatoms. The maximum absolute atomic E-state index is 13.7. The van der Waals surface area contributed by atoms with Crippen LogP contribution in [0.15, 0.2) is 91.6 Å². The number of hydrogen-bond donors (Lipinski definition) is 0. The molecule has 1 aliphatic rings. The van der Waals surface area contributed by atoms with Crippen LogP contribution in [-0.4, -0.2) is 43.2 Å². The zero-order valence-corrected chi connectivity index (χ0v) is 20.1. The van der Waals surface area contributed by atoms with Crippen LogP contribution < -0.4 is 0 Å². The summed E-state index contributed by atoms with van der Waals surface area (Å²) in [4.78, 5) is 6.86. The van der Waals surface area contributed by atoms with Crippen LogP contribution in [0.5, 0.6) is 0 Å². The number of likely N-dealkylation sites (tertiary alicyclic amines) is 1. The van der Waals surface area contributed by atoms with Crippen LogP contribution in [0.25, 0.3) is 21.7 Å². The summed E-state index contributed by atoms with van der Waals surface area (Å²) in [5.41, 5.74) is 2.79. The summed E-state index contributed by atoms with van der Waals surface area (Å²) in [5.74, 6) is 0. The fourth-order valence-electron chi connectivity index (χ4n) is 5.15. The average molecular weight is 471 g/mol. The highest BCUT2D eigenvalue weighted by Gasteiger charge is 2.36. The zero-order chi connectivity index (χ0) is 23.5. The molecular formula is C29H30N2O2S. The van der Waals surface area contributed by atoms with Crippen LogP contribution >= 0.6 is 0 Å². The molecule has 2 heterocycles. The number of fused-ring (bicyclic) bond motifs is 2. The molecule has 1 aromatic heterocycles. The molecule has 1 saturated heterocycles. The van der Waals surface area contributed by atoms with Crippen molar-refractivity contribution in [1.29, 1.82) is 0 Å². The second-order valence-electron chi connectivity index (χ2n) is 9.14. The van der Waals surface area contributed by atoms with Crippen LogP contribution in [0.2, 0.25) is 0 Å². The molecule has 34 heavy (non-hydrogen) atoms. The molecule has 0 N–H and O–H groups in total. The molecule has 0 saturated carbocycles. The summed E-state index contributed by atoms with van der Waals surface area (Å²) >= 11 is 0. The summed E-state index contributed by atoms with van der Waals surface area (Å²) < 4.78 is 27.3. The molecule has 0 amide bonds. The van der Waals surface area contributed by atoms with E-state index in [0.29, 0.717) is 12.8 Å². The third-order valence-corrected chi connectivity index (χ3v) is 9.62. The van der Waals surface area contributed by atoms with Crippen molar-refractivity contribution >= 4 is 31.5 Å². The summed E-state index contributed by atoms with van der Waals surface area (Å²) in [7, 11) is -3.42. The van der Waals surface area contributed by atoms with E-state index in [2.05, 4.69) is 58.9 Å². The van der Waals surface area contributed by atoms with E-state index >= 15 is 0 Å². The van der Waals surface area contributed by atoms with Crippen molar-refractivity contribution in [3.05, 3.63) is 103 Å². The Morgan fingerprint density at radius 1 is 0.941 bits per heavy atom. The van der Waals surface area contributed by atoms with Crippen LogP contribution in [0.3, 0.4) is 0 Å². The molecule has 0 bridgehead atoms. The van der Waals surface area contributed by atoms with Crippen LogP contribution in [-0.2, 0) is 16.3 Å². The monoisotopic (exact) mass is 470 g/mol. The van der Waals surface area contributed by atoms with Gasteiger partial charge in [-0.25, -0.2) is 8.42 Å². The van der Waals surface area contributed by atoms with Gasteiger partial charge in [0.1, 0.15) is 5.25 Å². The van der Waals surface area contributed by atoms with Gasteiger partial charge in [0.05, 0.1) is 10.8 Å². The van der Waals surface area contributed by atoms with Gasteiger partial charge in [-0.3, -0.25) is 4.98 Å². The Balaban J connectivity index is 1.25. The first-order valence-corrected chi connectivity index (χ1v) is 13.6. The van der Waals surface area contributed by atoms with Gasteiger partial charge in [0.25, 0.3) is 0 Å². The van der Waals surface area contributed by atoms with Gasteiger partial charge < -0.3 is 4.90 Å². The number of piperidine rings is 1. The highest BCUT2D eigenvalue weighted by atomic mass is 32.2. The smallest absolute Gasteiger partial charge is 0.163 e. The molecule has 0 aliphatic carbocycles. The first kappa shape index (κ1) is 22.8. The molecule has 0 radical (unpaired) electrons. The van der Waals surface area contributed by atoms with Gasteiger partial charge in [-0.2, -0.15) is 0 Å². The Kier molecular flexibility index (Phi) is 6.48. The first-order chi connectivity index (χ1) is 16.6. The van der Waals surface area contributed by atoms with Gasteiger partial charge >= 0.3 is 0 Å². The highest BCUT2D eigenvalue weighted by molar-refractivity contribution is 7.92. The lowest BCUT2D eigenvalue weighted by Crippen LogP contribution is -2.41. The van der Waals surface area contributed by atoms with E-state index in [4.69, 9.17) is 0 Å². The van der Waals surface area contributed by atoms with Gasteiger partial charge in [0.2, 0.25) is 0 Å². The lowest BCUT2D eigenvalue weighted by molar-refractivity contribution is 0.232. The van der Waals surface area contributed by atoms with Crippen molar-refractivity contribution in [2.24, 2.45) is 0 Å². The Bertz CT molecular complexity index is 1420. The Labute approximate surface area is 201 Å². The van der Waals surface area contributed by atoms with Crippen molar-refractivity contribution in [3.63, 3.8) is 0 Å². The van der Waals surface area contributed by atoms with E-state index in [1.54, 1.807) is 12.3 Å². The number of rotatable bonds is 7. The summed E-state index contributed by atoms with van der Waals surface area (Å²) in [6.45, 7) is 6.44. The van der Waals surface area contributed by atoms with Crippen molar-refractivity contribution in [2.75, 3.05) is 19.6 Å². The predicted octanol–water partition coefficient (Wildman–Crippen LogP) is 5.74. The molecule has 174 valence electrons. The molecule has 1 atom stereocenters. The zero-order valence-electron chi connectivity index (χ0n) is 19.3. The second kappa shape index (κ2) is 9.69. The number of aromatic nitrogens is 1. The molecule has 0 spiro atoms. The van der Waals surface area contributed by atoms with E-state index in [0.717, 1.165) is 42.5 Å². The van der Waals surface area contributed by atoms with E-state index in [9.17, 15) is 8.42 Å². The number of benzene rings is 3. The van der Waals surface area contributed by atoms with Crippen LogP contribution in [0.4, 0.5) is 0 Å². The quantitative estimate of drug-likeness (QED) is 0.323. The SMILES string of the molecule is C=CC(c1cccc2cccnc12)S(=O)(=O)C1CCN(CCc2ccc3ccccc3c2)CC1. The standard InChI is InChI=1S/C29H30N2O2S/c1-2-28(27-11-5-9-24-10-6-17-30-29(24)27)34(32,33)26-15-19-31(20-16-26)18-14-22-12-13-23-7-3-4-8-25(23)21-22/h2-13,17,21,26,28H,1,14-16,18-20H2. The Hall–Kier alpha value is -3.02. The Morgan fingerprint density at radius 2 is 1.68 bits per heavy atom.